The van der Waals surface area contributed by atoms with E-state index in [4.69, 9.17) is 0 Å². The maximum absolute atomic E-state index is 13.7. The van der Waals surface area contributed by atoms with Crippen LogP contribution in [0.3, 0.4) is 0 Å². The Morgan fingerprint density at radius 3 is 2.55 bits per heavy atom. The van der Waals surface area contributed by atoms with Gasteiger partial charge in [0.1, 0.15) is 10.7 Å². The Morgan fingerprint density at radius 2 is 1.90 bits per heavy atom. The molecule has 1 N–H and O–H groups in total. The number of alkyl halides is 3. The van der Waals surface area contributed by atoms with Gasteiger partial charge in [-0.1, -0.05) is 12.1 Å². The number of carbonyl (C=O) groups is 1. The predicted octanol–water partition coefficient (Wildman–Crippen LogP) is 4.95. The van der Waals surface area contributed by atoms with Crippen LogP contribution < -0.4 is 5.32 Å². The summed E-state index contributed by atoms with van der Waals surface area (Å²) in [5.74, 6) is -1.04. The molecule has 1 amide bonds. The van der Waals surface area contributed by atoms with E-state index in [2.05, 4.69) is 15.4 Å². The summed E-state index contributed by atoms with van der Waals surface area (Å²) < 4.78 is 53.4. The van der Waals surface area contributed by atoms with Crippen molar-refractivity contribution in [3.63, 3.8) is 0 Å². The second-order valence-electron chi connectivity index (χ2n) is 6.15. The molecule has 0 aliphatic carbocycles. The number of aromatic nitrogens is 3. The zero-order valence-corrected chi connectivity index (χ0v) is 15.4. The highest BCUT2D eigenvalue weighted by Gasteiger charge is 2.30. The van der Waals surface area contributed by atoms with Gasteiger partial charge in [0.2, 0.25) is 0 Å². The number of nitrogens with zero attached hydrogens (tertiary/aromatic N) is 3. The van der Waals surface area contributed by atoms with Crippen molar-refractivity contribution in [1.29, 1.82) is 0 Å². The normalized spacial score (nSPS) is 11.7. The van der Waals surface area contributed by atoms with Crippen LogP contribution in [-0.2, 0) is 12.7 Å². The molecule has 148 valence electrons. The number of nitrogens with one attached hydrogen (secondary N) is 1. The lowest BCUT2D eigenvalue weighted by molar-refractivity contribution is -0.137. The van der Waals surface area contributed by atoms with E-state index in [0.29, 0.717) is 16.5 Å². The molecule has 0 spiro atoms. The monoisotopic (exact) mass is 420 g/mol. The molecule has 0 saturated heterocycles. The van der Waals surface area contributed by atoms with Gasteiger partial charge in [0.05, 0.1) is 23.8 Å². The van der Waals surface area contributed by atoms with Crippen molar-refractivity contribution in [1.82, 2.24) is 14.8 Å². The van der Waals surface area contributed by atoms with Crippen LogP contribution in [-0.4, -0.2) is 20.7 Å². The summed E-state index contributed by atoms with van der Waals surface area (Å²) >= 11 is 0.969. The highest BCUT2D eigenvalue weighted by atomic mass is 32.1. The first-order valence-corrected chi connectivity index (χ1v) is 9.22. The Bertz CT molecular complexity index is 1180. The molecule has 3 aromatic heterocycles. The molecule has 5 nitrogen and oxygen atoms in total. The Hall–Kier alpha value is -3.27. The fourth-order valence-electron chi connectivity index (χ4n) is 2.83. The van der Waals surface area contributed by atoms with Gasteiger partial charge in [0, 0.05) is 11.6 Å². The van der Waals surface area contributed by atoms with E-state index in [1.807, 2.05) is 0 Å². The molecule has 0 aliphatic heterocycles. The average Bonchev–Trinajstić information content (AvgIpc) is 3.26. The summed E-state index contributed by atoms with van der Waals surface area (Å²) in [7, 11) is 0. The smallest absolute Gasteiger partial charge is 0.304 e. The first-order valence-electron chi connectivity index (χ1n) is 8.34. The minimum absolute atomic E-state index is 0.0653. The number of hydrogen-bond acceptors (Lipinski definition) is 4. The van der Waals surface area contributed by atoms with Crippen LogP contribution in [0.15, 0.2) is 54.2 Å². The van der Waals surface area contributed by atoms with Crippen molar-refractivity contribution < 1.29 is 22.4 Å². The summed E-state index contributed by atoms with van der Waals surface area (Å²) in [6.45, 7) is 0.170. The third-order valence-electron chi connectivity index (χ3n) is 4.22. The third-order valence-corrected chi connectivity index (χ3v) is 5.11. The van der Waals surface area contributed by atoms with E-state index in [9.17, 15) is 22.4 Å². The lowest BCUT2D eigenvalue weighted by Crippen LogP contribution is -2.13. The number of amides is 1. The van der Waals surface area contributed by atoms with Crippen molar-refractivity contribution in [3.8, 4) is 0 Å². The second kappa shape index (κ2) is 7.28. The predicted molar refractivity (Wildman–Crippen MR) is 100 cm³/mol. The summed E-state index contributed by atoms with van der Waals surface area (Å²) in [5, 5.41) is 8.97. The lowest BCUT2D eigenvalue weighted by atomic mass is 10.1. The van der Waals surface area contributed by atoms with Gasteiger partial charge in [-0.3, -0.25) is 14.5 Å². The Labute approximate surface area is 165 Å². The van der Waals surface area contributed by atoms with Crippen molar-refractivity contribution in [2.24, 2.45) is 0 Å². The molecule has 0 radical (unpaired) electrons. The van der Waals surface area contributed by atoms with Crippen molar-refractivity contribution >= 4 is 34.0 Å². The highest BCUT2D eigenvalue weighted by molar-refractivity contribution is 7.12. The van der Waals surface area contributed by atoms with Crippen LogP contribution in [0.4, 0.5) is 23.4 Å². The summed E-state index contributed by atoms with van der Waals surface area (Å²) in [6.07, 6.45) is -1.35. The van der Waals surface area contributed by atoms with Gasteiger partial charge in [-0.05, 0) is 35.2 Å². The van der Waals surface area contributed by atoms with Gasteiger partial charge in [0.15, 0.2) is 5.82 Å². The van der Waals surface area contributed by atoms with E-state index < -0.39 is 23.5 Å². The third kappa shape index (κ3) is 3.83. The average molecular weight is 420 g/mol. The number of anilines is 1. The van der Waals surface area contributed by atoms with Gasteiger partial charge >= 0.3 is 6.18 Å². The van der Waals surface area contributed by atoms with Gasteiger partial charge in [-0.15, -0.1) is 11.3 Å². The Kier molecular flexibility index (Phi) is 4.79. The van der Waals surface area contributed by atoms with E-state index >= 15 is 0 Å². The van der Waals surface area contributed by atoms with E-state index in [1.54, 1.807) is 6.07 Å². The van der Waals surface area contributed by atoms with Crippen LogP contribution >= 0.6 is 11.3 Å². The molecule has 0 saturated carbocycles. The van der Waals surface area contributed by atoms with Gasteiger partial charge in [0.25, 0.3) is 5.91 Å². The van der Waals surface area contributed by atoms with Gasteiger partial charge in [-0.2, -0.15) is 18.3 Å². The highest BCUT2D eigenvalue weighted by Crippen LogP contribution is 2.30. The molecule has 4 rings (SSSR count). The molecule has 29 heavy (non-hydrogen) atoms. The quantitative estimate of drug-likeness (QED) is 0.475. The molecule has 0 fully saturated rings. The lowest BCUT2D eigenvalue weighted by Gasteiger charge is -2.08. The summed E-state index contributed by atoms with van der Waals surface area (Å²) in [6, 6.07) is 7.58. The molecule has 3 heterocycles. The molecule has 0 atom stereocenters. The summed E-state index contributed by atoms with van der Waals surface area (Å²) in [4.78, 5) is 16.3. The SMILES string of the molecule is O=C(Nc1nn(Cc2ccc(C(F)(F)F)cc2)c2cnccc12)c1sccc1F. The fourth-order valence-corrected chi connectivity index (χ4v) is 3.49. The van der Waals surface area contributed by atoms with E-state index in [1.165, 1.54) is 40.7 Å². The van der Waals surface area contributed by atoms with Crippen molar-refractivity contribution in [3.05, 3.63) is 76.0 Å². The largest absolute Gasteiger partial charge is 0.416 e. The van der Waals surface area contributed by atoms with E-state index in [0.717, 1.165) is 23.5 Å². The number of benzene rings is 1. The Balaban J connectivity index is 1.64. The molecule has 10 heteroatoms. The molecule has 0 unspecified atom stereocenters. The molecule has 0 aliphatic rings. The molecular weight excluding hydrogens is 408 g/mol. The van der Waals surface area contributed by atoms with Crippen molar-refractivity contribution in [2.45, 2.75) is 12.7 Å². The van der Waals surface area contributed by atoms with Crippen molar-refractivity contribution in [2.75, 3.05) is 5.32 Å². The van der Waals surface area contributed by atoms with Crippen LogP contribution in [0.5, 0.6) is 0 Å². The van der Waals surface area contributed by atoms with Crippen LogP contribution in [0, 0.1) is 5.82 Å². The minimum Gasteiger partial charge on any atom is -0.304 e. The molecule has 1 aromatic carbocycles. The fraction of sp³-hybridized carbons (Fsp3) is 0.105. The number of pyridine rings is 1. The number of thiophene rings is 1. The zero-order valence-electron chi connectivity index (χ0n) is 14.6. The first-order chi connectivity index (χ1) is 13.8. The molecular formula is C19H12F4N4OS. The van der Waals surface area contributed by atoms with Crippen LogP contribution in [0.1, 0.15) is 20.8 Å². The zero-order chi connectivity index (χ0) is 20.6. The van der Waals surface area contributed by atoms with Crippen LogP contribution in [0.2, 0.25) is 0 Å². The number of rotatable bonds is 4. The second-order valence-corrected chi connectivity index (χ2v) is 7.06. The first kappa shape index (κ1) is 19.1. The summed E-state index contributed by atoms with van der Waals surface area (Å²) in [5.41, 5.74) is 0.432. The van der Waals surface area contributed by atoms with Gasteiger partial charge < -0.3 is 5.32 Å². The topological polar surface area (TPSA) is 59.8 Å². The maximum atomic E-state index is 13.7. The minimum atomic E-state index is -4.41. The standard InChI is InChI=1S/C19H12F4N4OS/c20-14-6-8-29-16(14)18(28)25-17-13-5-7-24-9-15(13)27(26-17)10-11-1-3-12(4-2-11)19(21,22)23/h1-9H,10H2,(H,25,26,28). The number of hydrogen-bond donors (Lipinski definition) is 1. The maximum Gasteiger partial charge on any atom is 0.416 e. The molecule has 4 aromatic rings. The van der Waals surface area contributed by atoms with Gasteiger partial charge in [-0.25, -0.2) is 4.39 Å². The number of halogens is 4. The number of carbonyl (C=O) groups excluding carboxylic acids is 1. The number of fused-ring (bicyclic) bond motifs is 1. The Morgan fingerprint density at radius 1 is 1.14 bits per heavy atom. The molecule has 0 bridgehead atoms. The van der Waals surface area contributed by atoms with E-state index in [-0.39, 0.29) is 17.2 Å². The van der Waals surface area contributed by atoms with Crippen LogP contribution in [0.25, 0.3) is 10.9 Å².